The van der Waals surface area contributed by atoms with Gasteiger partial charge in [-0.3, -0.25) is 19.7 Å². The third kappa shape index (κ3) is 3.44. The van der Waals surface area contributed by atoms with E-state index >= 15 is 0 Å². The lowest BCUT2D eigenvalue weighted by Gasteiger charge is -2.00. The zero-order chi connectivity index (χ0) is 16.3. The molecule has 0 aliphatic rings. The van der Waals surface area contributed by atoms with E-state index in [4.69, 9.17) is 5.73 Å². The molecule has 9 heteroatoms. The van der Waals surface area contributed by atoms with E-state index in [0.717, 1.165) is 11.8 Å². The van der Waals surface area contributed by atoms with Crippen LogP contribution in [-0.2, 0) is 11.3 Å². The summed E-state index contributed by atoms with van der Waals surface area (Å²) in [5.74, 6) is -1.22. The fourth-order valence-electron chi connectivity index (χ4n) is 1.78. The number of rotatable bonds is 4. The molecule has 0 aliphatic carbocycles. The number of nitrogens with two attached hydrogens (primary N) is 1. The molecule has 2 rings (SSSR count). The monoisotopic (exact) mass is 320 g/mol. The number of thiazole rings is 1. The van der Waals surface area contributed by atoms with Gasteiger partial charge in [-0.1, -0.05) is 18.2 Å². The van der Waals surface area contributed by atoms with Gasteiger partial charge < -0.3 is 10.3 Å². The van der Waals surface area contributed by atoms with E-state index in [2.05, 4.69) is 4.99 Å². The summed E-state index contributed by atoms with van der Waals surface area (Å²) in [4.78, 5) is 37.4. The van der Waals surface area contributed by atoms with Crippen LogP contribution in [0.15, 0.2) is 35.5 Å². The highest BCUT2D eigenvalue weighted by Gasteiger charge is 2.15. The van der Waals surface area contributed by atoms with Crippen LogP contribution >= 0.6 is 11.3 Å². The lowest BCUT2D eigenvalue weighted by Crippen LogP contribution is -2.25. The summed E-state index contributed by atoms with van der Waals surface area (Å²) in [5.41, 5.74) is 6.23. The molecule has 0 fully saturated rings. The van der Waals surface area contributed by atoms with Crippen LogP contribution in [0.2, 0.25) is 0 Å². The van der Waals surface area contributed by atoms with Gasteiger partial charge in [-0.2, -0.15) is 4.99 Å². The topological polar surface area (TPSA) is 121 Å². The zero-order valence-corrected chi connectivity index (χ0v) is 12.4. The number of aryl methyl sites for hydroxylation is 1. The molecule has 1 aromatic heterocycles. The third-order valence-corrected chi connectivity index (χ3v) is 3.76. The van der Waals surface area contributed by atoms with Crippen molar-refractivity contribution in [1.29, 1.82) is 0 Å². The Kier molecular flexibility index (Phi) is 4.47. The Morgan fingerprint density at radius 2 is 2.09 bits per heavy atom. The Bertz CT molecular complexity index is 821. The molecule has 1 heterocycles. The summed E-state index contributed by atoms with van der Waals surface area (Å²) >= 11 is 0.707. The lowest BCUT2D eigenvalue weighted by molar-refractivity contribution is -0.380. The van der Waals surface area contributed by atoms with Crippen LogP contribution in [0, 0.1) is 17.0 Å². The Labute approximate surface area is 128 Å². The minimum Gasteiger partial charge on any atom is -0.368 e. The van der Waals surface area contributed by atoms with Gasteiger partial charge in [0.1, 0.15) is 6.54 Å². The van der Waals surface area contributed by atoms with Gasteiger partial charge in [-0.15, -0.1) is 0 Å². The highest BCUT2D eigenvalue weighted by molar-refractivity contribution is 7.12. The molecule has 2 amide bonds. The normalized spacial score (nSPS) is 11.4. The average molecular weight is 320 g/mol. The van der Waals surface area contributed by atoms with Crippen LogP contribution in [0.5, 0.6) is 0 Å². The summed E-state index contributed by atoms with van der Waals surface area (Å²) in [6.45, 7) is 1.47. The molecule has 0 saturated heterocycles. The van der Waals surface area contributed by atoms with Crippen LogP contribution < -0.4 is 10.5 Å². The van der Waals surface area contributed by atoms with E-state index in [1.165, 1.54) is 4.57 Å². The molecule has 0 spiro atoms. The molecule has 2 N–H and O–H groups in total. The summed E-state index contributed by atoms with van der Waals surface area (Å²) in [7, 11) is 0. The van der Waals surface area contributed by atoms with E-state index in [-0.39, 0.29) is 16.3 Å². The number of primary amides is 1. The van der Waals surface area contributed by atoms with Crippen molar-refractivity contribution in [1.82, 2.24) is 4.57 Å². The molecule has 22 heavy (non-hydrogen) atoms. The van der Waals surface area contributed by atoms with Crippen LogP contribution in [0.3, 0.4) is 0 Å². The molecule has 0 radical (unpaired) electrons. The number of amides is 2. The first kappa shape index (κ1) is 15.6. The molecule has 0 bridgehead atoms. The number of aromatic nitrogens is 1. The largest absolute Gasteiger partial charge is 0.368 e. The summed E-state index contributed by atoms with van der Waals surface area (Å²) < 4.78 is 1.20. The van der Waals surface area contributed by atoms with Crippen LogP contribution in [0.1, 0.15) is 15.9 Å². The summed E-state index contributed by atoms with van der Waals surface area (Å²) in [6, 6.07) is 6.86. The molecule has 114 valence electrons. The van der Waals surface area contributed by atoms with Crippen LogP contribution in [0.25, 0.3) is 0 Å². The minimum atomic E-state index is -0.683. The van der Waals surface area contributed by atoms with E-state index in [1.54, 1.807) is 31.2 Å². The SMILES string of the molecule is Cc1ccccc1C(=O)N=c1sc([N+](=O)[O-])cn1CC(N)=O. The van der Waals surface area contributed by atoms with Gasteiger partial charge in [0.05, 0.1) is 11.1 Å². The molecule has 0 unspecified atom stereocenters. The van der Waals surface area contributed by atoms with Gasteiger partial charge in [0.25, 0.3) is 5.91 Å². The number of hydrogen-bond acceptors (Lipinski definition) is 5. The minimum absolute atomic E-state index is 0.0544. The molecular weight excluding hydrogens is 308 g/mol. The smallest absolute Gasteiger partial charge is 0.343 e. The summed E-state index contributed by atoms with van der Waals surface area (Å²) in [6.07, 6.45) is 1.14. The van der Waals surface area contributed by atoms with Crippen molar-refractivity contribution in [2.24, 2.45) is 10.7 Å². The van der Waals surface area contributed by atoms with Crippen LogP contribution in [-0.4, -0.2) is 21.3 Å². The van der Waals surface area contributed by atoms with Crippen molar-refractivity contribution in [2.45, 2.75) is 13.5 Å². The highest BCUT2D eigenvalue weighted by Crippen LogP contribution is 2.14. The molecule has 0 atom stereocenters. The quantitative estimate of drug-likeness (QED) is 0.667. The number of nitro groups is 1. The predicted octanol–water partition coefficient (Wildman–Crippen LogP) is 0.993. The second kappa shape index (κ2) is 6.31. The Balaban J connectivity index is 2.50. The Hall–Kier alpha value is -2.81. The van der Waals surface area contributed by atoms with Crippen molar-refractivity contribution < 1.29 is 14.5 Å². The Morgan fingerprint density at radius 3 is 2.68 bits per heavy atom. The second-order valence-corrected chi connectivity index (χ2v) is 5.42. The first-order valence-corrected chi connectivity index (χ1v) is 6.98. The van der Waals surface area contributed by atoms with E-state index in [9.17, 15) is 19.7 Å². The zero-order valence-electron chi connectivity index (χ0n) is 11.6. The number of hydrogen-bond donors (Lipinski definition) is 1. The third-order valence-electron chi connectivity index (χ3n) is 2.79. The van der Waals surface area contributed by atoms with Gasteiger partial charge >= 0.3 is 5.00 Å². The fourth-order valence-corrected chi connectivity index (χ4v) is 2.58. The van der Waals surface area contributed by atoms with Crippen LogP contribution in [0.4, 0.5) is 5.00 Å². The van der Waals surface area contributed by atoms with Crippen molar-refractivity contribution in [3.05, 3.63) is 56.5 Å². The maximum atomic E-state index is 12.2. The van der Waals surface area contributed by atoms with E-state index in [1.807, 2.05) is 0 Å². The first-order valence-electron chi connectivity index (χ1n) is 6.16. The Morgan fingerprint density at radius 1 is 1.41 bits per heavy atom. The standard InChI is InChI=1S/C13H12N4O4S/c1-8-4-2-3-5-9(8)12(19)15-13-16(6-10(14)18)7-11(22-13)17(20)21/h2-5,7H,6H2,1H3,(H2,14,18). The predicted molar refractivity (Wildman–Crippen MR) is 79.2 cm³/mol. The lowest BCUT2D eigenvalue weighted by atomic mass is 10.1. The van der Waals surface area contributed by atoms with Crippen molar-refractivity contribution in [3.63, 3.8) is 0 Å². The highest BCUT2D eigenvalue weighted by atomic mass is 32.1. The molecule has 0 aliphatic heterocycles. The molecule has 8 nitrogen and oxygen atoms in total. The number of benzene rings is 1. The molecule has 2 aromatic rings. The number of carbonyl (C=O) groups is 2. The van der Waals surface area contributed by atoms with Crippen molar-refractivity contribution in [3.8, 4) is 0 Å². The van der Waals surface area contributed by atoms with Gasteiger partial charge in [0, 0.05) is 5.56 Å². The number of carbonyl (C=O) groups excluding carboxylic acids is 2. The maximum absolute atomic E-state index is 12.2. The van der Waals surface area contributed by atoms with E-state index < -0.39 is 16.7 Å². The summed E-state index contributed by atoms with van der Waals surface area (Å²) in [5, 5.41) is 10.6. The van der Waals surface area contributed by atoms with Crippen molar-refractivity contribution >= 4 is 28.2 Å². The van der Waals surface area contributed by atoms with Gasteiger partial charge in [-0.25, -0.2) is 0 Å². The molecular formula is C13H12N4O4S. The second-order valence-electron chi connectivity index (χ2n) is 4.44. The number of nitrogens with zero attached hydrogens (tertiary/aromatic N) is 3. The maximum Gasteiger partial charge on any atom is 0.343 e. The van der Waals surface area contributed by atoms with Gasteiger partial charge in [-0.05, 0) is 29.9 Å². The van der Waals surface area contributed by atoms with Gasteiger partial charge in [0.2, 0.25) is 5.91 Å². The van der Waals surface area contributed by atoms with E-state index in [0.29, 0.717) is 16.9 Å². The molecule has 1 aromatic carbocycles. The average Bonchev–Trinajstić information content (AvgIpc) is 2.81. The van der Waals surface area contributed by atoms with Gasteiger partial charge in [0.15, 0.2) is 4.80 Å². The fraction of sp³-hybridized carbons (Fsp3) is 0.154. The molecule has 0 saturated carbocycles. The van der Waals surface area contributed by atoms with Crippen molar-refractivity contribution in [2.75, 3.05) is 0 Å². The first-order chi connectivity index (χ1) is 10.4.